The van der Waals surface area contributed by atoms with Crippen molar-refractivity contribution >= 4 is 96.1 Å². The van der Waals surface area contributed by atoms with Gasteiger partial charge in [0.2, 0.25) is 35.4 Å². The minimum atomic E-state index is -0.696. The summed E-state index contributed by atoms with van der Waals surface area (Å²) >= 11 is 3.12. The Labute approximate surface area is 477 Å². The fourth-order valence-electron chi connectivity index (χ4n) is 13.4. The van der Waals surface area contributed by atoms with Crippen LogP contribution in [0.4, 0.5) is 11.4 Å². The molecule has 2 unspecified atom stereocenters. The highest BCUT2D eigenvalue weighted by molar-refractivity contribution is 9.10. The minimum Gasteiger partial charge on any atom is -0.342 e. The van der Waals surface area contributed by atoms with Gasteiger partial charge in [-0.1, -0.05) is 79.0 Å². The highest BCUT2D eigenvalue weighted by Gasteiger charge is 2.45. The Hall–Kier alpha value is -7.54. The van der Waals surface area contributed by atoms with Gasteiger partial charge in [0, 0.05) is 107 Å². The summed E-state index contributed by atoms with van der Waals surface area (Å²) < 4.78 is 4.05. The highest BCUT2D eigenvalue weighted by atomic mass is 79.9. The van der Waals surface area contributed by atoms with Gasteiger partial charge < -0.3 is 15.1 Å². The molecule has 8 amide bonds. The molecule has 0 radical (unpaired) electrons. The molecule has 2 saturated carbocycles. The van der Waals surface area contributed by atoms with Gasteiger partial charge in [-0.25, -0.2) is 0 Å². The normalized spacial score (nSPS) is 22.0. The first-order valence-corrected chi connectivity index (χ1v) is 29.7. The standard InChI is InChI=1S/C31H33N5O4.C26H28N4O2.C5H6BrNO2/c1-31(13-3-14-31)30(40)34-15-10-19(11-16-34)23-12-17-35(33-23)18-20-6-7-24-27-21(20)4-2-5-22(27)29(39)36(24)25-8-9-26(37)32-28(25)38;1-26(11-3-12-26)25(32)29-14-9-17(10-15-29)22-8-13-27-30(22)16-18-6-7-21-23-19(18)4-2-5-20(23)24(31)28-21;6-3-1-2-4(8)7-5(3)9/h2,4-7,12,17,19,25H,3,8-11,13-16,18H2,1H3,(H,32,37,38);2,4-8,13,17H,3,9-12,14-16H2,1H3,(H,28,31);3H,1-2H2,(H,7,8,9). The summed E-state index contributed by atoms with van der Waals surface area (Å²) in [5.74, 6) is 0.0861. The largest absolute Gasteiger partial charge is 0.342 e. The van der Waals surface area contributed by atoms with Gasteiger partial charge in [0.05, 0.1) is 29.3 Å². The summed E-state index contributed by atoms with van der Waals surface area (Å²) in [6, 6.07) is 23.2. The van der Waals surface area contributed by atoms with Crippen molar-refractivity contribution in [3.8, 4) is 0 Å². The lowest BCUT2D eigenvalue weighted by molar-refractivity contribution is -0.147. The number of anilines is 2. The van der Waals surface area contributed by atoms with Gasteiger partial charge in [0.25, 0.3) is 11.8 Å². The molecule has 3 N–H and O–H groups in total. The van der Waals surface area contributed by atoms with E-state index in [0.29, 0.717) is 67.3 Å². The molecule has 6 aliphatic heterocycles. The van der Waals surface area contributed by atoms with Gasteiger partial charge in [0.15, 0.2) is 0 Å². The number of halogens is 1. The van der Waals surface area contributed by atoms with Crippen LogP contribution in [0.5, 0.6) is 0 Å². The maximum atomic E-state index is 13.4. The molecule has 8 heterocycles. The summed E-state index contributed by atoms with van der Waals surface area (Å²) in [5.41, 5.74) is 7.19. The molecular formula is C62H67BrN10O8. The Morgan fingerprint density at radius 3 is 1.84 bits per heavy atom. The van der Waals surface area contributed by atoms with Crippen LogP contribution >= 0.6 is 15.9 Å². The average molecular weight is 1160 g/mol. The molecule has 8 aliphatic rings. The number of piperidine rings is 4. The van der Waals surface area contributed by atoms with Crippen molar-refractivity contribution in [2.45, 2.75) is 140 Å². The lowest BCUT2D eigenvalue weighted by Gasteiger charge is -2.43. The topological polar surface area (TPSA) is 218 Å². The summed E-state index contributed by atoms with van der Waals surface area (Å²) in [6.07, 6.45) is 15.7. The fraction of sp³-hybridized carbons (Fsp3) is 0.452. The van der Waals surface area contributed by atoms with E-state index in [1.165, 1.54) is 12.1 Å². The molecule has 6 aromatic rings. The zero-order valence-corrected chi connectivity index (χ0v) is 47.4. The molecule has 81 heavy (non-hydrogen) atoms. The van der Waals surface area contributed by atoms with Crippen LogP contribution in [0.25, 0.3) is 21.5 Å². The van der Waals surface area contributed by atoms with Crippen molar-refractivity contribution in [1.29, 1.82) is 0 Å². The third kappa shape index (κ3) is 10.2. The molecule has 6 fully saturated rings. The first-order valence-electron chi connectivity index (χ1n) is 28.8. The fourth-order valence-corrected chi connectivity index (χ4v) is 13.7. The van der Waals surface area contributed by atoms with Crippen LogP contribution in [0.15, 0.2) is 85.2 Å². The number of aromatic nitrogens is 4. The summed E-state index contributed by atoms with van der Waals surface area (Å²) in [4.78, 5) is 102. The third-order valence-electron chi connectivity index (χ3n) is 18.5. The van der Waals surface area contributed by atoms with Gasteiger partial charge in [-0.15, -0.1) is 0 Å². The monoisotopic (exact) mass is 1160 g/mol. The number of hydrogen-bond acceptors (Lipinski definition) is 10. The second kappa shape index (κ2) is 21.7. The van der Waals surface area contributed by atoms with Gasteiger partial charge in [-0.3, -0.25) is 63.3 Å². The number of imide groups is 2. The Morgan fingerprint density at radius 1 is 0.630 bits per heavy atom. The number of hydrogen-bond donors (Lipinski definition) is 3. The van der Waals surface area contributed by atoms with E-state index >= 15 is 0 Å². The maximum absolute atomic E-state index is 13.4. The van der Waals surface area contributed by atoms with E-state index in [2.05, 4.69) is 89.6 Å². The number of carbonyl (C=O) groups excluding carboxylic acids is 8. The Morgan fingerprint density at radius 2 is 1.22 bits per heavy atom. The number of benzene rings is 4. The van der Waals surface area contributed by atoms with Gasteiger partial charge >= 0.3 is 0 Å². The predicted octanol–water partition coefficient (Wildman–Crippen LogP) is 8.48. The van der Waals surface area contributed by atoms with E-state index in [1.807, 2.05) is 59.5 Å². The van der Waals surface area contributed by atoms with Crippen LogP contribution in [-0.4, -0.2) is 114 Å². The third-order valence-corrected chi connectivity index (χ3v) is 19.4. The number of amides is 8. The van der Waals surface area contributed by atoms with Crippen molar-refractivity contribution in [3.05, 3.63) is 119 Å². The average Bonchev–Trinajstić information content (AvgIpc) is 4.28. The van der Waals surface area contributed by atoms with Gasteiger partial charge in [0.1, 0.15) is 6.04 Å². The lowest BCUT2D eigenvalue weighted by Crippen LogP contribution is -2.53. The zero-order chi connectivity index (χ0) is 56.3. The minimum absolute atomic E-state index is 0.0282. The van der Waals surface area contributed by atoms with Crippen LogP contribution in [-0.2, 0) is 41.9 Å². The number of alkyl halides is 1. The predicted molar refractivity (Wildman–Crippen MR) is 308 cm³/mol. The Balaban J connectivity index is 0.000000142. The molecule has 4 saturated heterocycles. The lowest BCUT2D eigenvalue weighted by atomic mass is 9.69. The first-order chi connectivity index (χ1) is 39.1. The van der Waals surface area contributed by atoms with E-state index < -0.39 is 11.9 Å². The summed E-state index contributed by atoms with van der Waals surface area (Å²) in [5, 5.41) is 21.0. The molecule has 19 heteroatoms. The highest BCUT2D eigenvalue weighted by Crippen LogP contribution is 2.45. The smallest absolute Gasteiger partial charge is 0.259 e. The molecule has 420 valence electrons. The van der Waals surface area contributed by atoms with Crippen molar-refractivity contribution < 1.29 is 38.4 Å². The molecule has 14 rings (SSSR count). The van der Waals surface area contributed by atoms with E-state index in [1.54, 1.807) is 11.0 Å². The summed E-state index contributed by atoms with van der Waals surface area (Å²) in [7, 11) is 0. The van der Waals surface area contributed by atoms with Crippen molar-refractivity contribution in [2.24, 2.45) is 10.8 Å². The molecule has 0 spiro atoms. The van der Waals surface area contributed by atoms with Gasteiger partial charge in [-0.05, 0) is 123 Å². The SMILES string of the molecule is CC1(C(=O)N2CCC(c3ccn(Cc4ccc5c6c(cccc46)C(=O)N5C4CCC(=O)NC4=O)n3)CC2)CCC1.CC1(C(=O)N2CCC(c3ccnn3Cc3ccc4c5c(cccc35)C(=O)N4)CC2)CCC1.O=C1CCC(Br)C(=O)N1. The van der Waals surface area contributed by atoms with Gasteiger partial charge in [-0.2, -0.15) is 10.2 Å². The molecule has 2 aromatic heterocycles. The quantitative estimate of drug-likeness (QED) is 0.0926. The molecule has 2 atom stereocenters. The first kappa shape index (κ1) is 54.1. The van der Waals surface area contributed by atoms with E-state index in [0.717, 1.165) is 134 Å². The van der Waals surface area contributed by atoms with E-state index in [9.17, 15) is 38.4 Å². The number of rotatable bonds is 9. The summed E-state index contributed by atoms with van der Waals surface area (Å²) in [6.45, 7) is 8.71. The van der Waals surface area contributed by atoms with Crippen molar-refractivity contribution in [1.82, 2.24) is 40.0 Å². The van der Waals surface area contributed by atoms with Crippen LogP contribution in [0.2, 0.25) is 0 Å². The molecule has 0 bridgehead atoms. The Kier molecular flexibility index (Phi) is 14.5. The number of likely N-dealkylation sites (tertiary alicyclic amines) is 2. The van der Waals surface area contributed by atoms with E-state index in [-0.39, 0.29) is 51.6 Å². The van der Waals surface area contributed by atoms with Crippen molar-refractivity contribution in [2.75, 3.05) is 36.4 Å². The van der Waals surface area contributed by atoms with Crippen LogP contribution in [0.3, 0.4) is 0 Å². The van der Waals surface area contributed by atoms with E-state index in [4.69, 9.17) is 5.10 Å². The van der Waals surface area contributed by atoms with Crippen LogP contribution in [0, 0.1) is 10.8 Å². The molecule has 4 aromatic carbocycles. The number of nitrogens with zero attached hydrogens (tertiary/aromatic N) is 7. The number of nitrogens with one attached hydrogen (secondary N) is 3. The Bertz CT molecular complexity index is 3560. The zero-order valence-electron chi connectivity index (χ0n) is 45.8. The maximum Gasteiger partial charge on any atom is 0.259 e. The molecule has 18 nitrogen and oxygen atoms in total. The van der Waals surface area contributed by atoms with Crippen LogP contribution in [0.1, 0.15) is 159 Å². The molecule has 2 aliphatic carbocycles. The van der Waals surface area contributed by atoms with Crippen molar-refractivity contribution in [3.63, 3.8) is 0 Å². The second-order valence-corrected chi connectivity index (χ2v) is 24.9. The van der Waals surface area contributed by atoms with Crippen LogP contribution < -0.4 is 20.9 Å². The number of carbonyl (C=O) groups is 8. The molecular weight excluding hydrogens is 1090 g/mol. The second-order valence-electron chi connectivity index (χ2n) is 23.8.